The molecule has 1 aliphatic heterocycles. The maximum absolute atomic E-state index is 14.0. The number of aromatic nitrogens is 2. The Hall–Kier alpha value is -2.32. The van der Waals surface area contributed by atoms with E-state index in [9.17, 15) is 25.6 Å². The van der Waals surface area contributed by atoms with Gasteiger partial charge in [0.1, 0.15) is 5.69 Å². The number of alkyl halides is 2. The molecule has 0 aliphatic carbocycles. The second-order valence-electron chi connectivity index (χ2n) is 7.99. The van der Waals surface area contributed by atoms with Crippen molar-refractivity contribution in [2.24, 2.45) is 0 Å². The minimum atomic E-state index is -4.30. The molecule has 13 heteroatoms. The van der Waals surface area contributed by atoms with Gasteiger partial charge >= 0.3 is 0 Å². The van der Waals surface area contributed by atoms with Crippen molar-refractivity contribution in [1.29, 1.82) is 0 Å². The van der Waals surface area contributed by atoms with Crippen molar-refractivity contribution in [3.63, 3.8) is 0 Å². The first-order chi connectivity index (χ1) is 16.7. The number of halogens is 2. The third-order valence-electron chi connectivity index (χ3n) is 5.60. The summed E-state index contributed by atoms with van der Waals surface area (Å²) in [5, 5.41) is 0.301. The third-order valence-corrected chi connectivity index (χ3v) is 11.3. The number of pyridine rings is 1. The van der Waals surface area contributed by atoms with Crippen molar-refractivity contribution in [1.82, 2.24) is 13.7 Å². The van der Waals surface area contributed by atoms with Crippen LogP contribution in [-0.4, -0.2) is 43.3 Å². The Bertz CT molecular complexity index is 1600. The highest BCUT2D eigenvalue weighted by Crippen LogP contribution is 2.39. The van der Waals surface area contributed by atoms with Crippen molar-refractivity contribution in [3.05, 3.63) is 66.5 Å². The lowest BCUT2D eigenvalue weighted by atomic mass is 10.1. The summed E-state index contributed by atoms with van der Waals surface area (Å²) in [6, 6.07) is 13.8. The van der Waals surface area contributed by atoms with Gasteiger partial charge in [0.25, 0.3) is 16.4 Å². The number of nitrogens with one attached hydrogen (secondary N) is 1. The van der Waals surface area contributed by atoms with Gasteiger partial charge in [-0.1, -0.05) is 18.2 Å². The first-order valence-corrected chi connectivity index (χ1v) is 15.4. The molecular weight excluding hydrogens is 537 g/mol. The van der Waals surface area contributed by atoms with E-state index in [0.29, 0.717) is 21.3 Å². The summed E-state index contributed by atoms with van der Waals surface area (Å²) in [5.74, 6) is 0.272. The van der Waals surface area contributed by atoms with E-state index in [2.05, 4.69) is 9.71 Å². The van der Waals surface area contributed by atoms with Gasteiger partial charge in [0, 0.05) is 28.1 Å². The highest BCUT2D eigenvalue weighted by Gasteiger charge is 2.30. The molecule has 5 rings (SSSR count). The fourth-order valence-corrected chi connectivity index (χ4v) is 9.21. The molecule has 4 heterocycles. The van der Waals surface area contributed by atoms with Gasteiger partial charge in [-0.25, -0.2) is 34.6 Å². The molecule has 1 unspecified atom stereocenters. The molecule has 1 aliphatic rings. The van der Waals surface area contributed by atoms with Crippen LogP contribution in [0.3, 0.4) is 0 Å². The van der Waals surface area contributed by atoms with Crippen molar-refractivity contribution in [2.45, 2.75) is 28.0 Å². The van der Waals surface area contributed by atoms with Crippen molar-refractivity contribution < 1.29 is 25.6 Å². The minimum absolute atomic E-state index is 0.0708. The van der Waals surface area contributed by atoms with Crippen LogP contribution in [0, 0.1) is 0 Å². The first-order valence-electron chi connectivity index (χ1n) is 10.5. The Morgan fingerprint density at radius 2 is 1.91 bits per heavy atom. The molecule has 4 aromatic rings. The van der Waals surface area contributed by atoms with Crippen LogP contribution in [0.5, 0.6) is 0 Å². The predicted octanol–water partition coefficient (Wildman–Crippen LogP) is 4.72. The van der Waals surface area contributed by atoms with Crippen LogP contribution in [0.25, 0.3) is 21.5 Å². The monoisotopic (exact) mass is 555 g/mol. The molecule has 3 aromatic heterocycles. The zero-order valence-corrected chi connectivity index (χ0v) is 21.2. The topological polar surface area (TPSA) is 98.1 Å². The van der Waals surface area contributed by atoms with Gasteiger partial charge in [-0.15, -0.1) is 11.3 Å². The summed E-state index contributed by atoms with van der Waals surface area (Å²) < 4.78 is 82.5. The van der Waals surface area contributed by atoms with Crippen molar-refractivity contribution >= 4 is 54.2 Å². The molecule has 1 saturated heterocycles. The summed E-state index contributed by atoms with van der Waals surface area (Å²) >= 11 is 2.71. The maximum atomic E-state index is 14.0. The number of thiophene rings is 1. The van der Waals surface area contributed by atoms with Crippen LogP contribution in [0.2, 0.25) is 0 Å². The van der Waals surface area contributed by atoms with Crippen LogP contribution < -0.4 is 4.72 Å². The SMILES string of the molecule is O=S1(=O)CCC(NSc2ccc(-c3ccnc4c3cc(C(F)F)n4S(=O)(=O)c3ccccc3)s2)C1. The summed E-state index contributed by atoms with van der Waals surface area (Å²) in [7, 11) is -7.30. The van der Waals surface area contributed by atoms with E-state index < -0.39 is 32.0 Å². The predicted molar refractivity (Wildman–Crippen MR) is 133 cm³/mol. The summed E-state index contributed by atoms with van der Waals surface area (Å²) in [4.78, 5) is 4.79. The van der Waals surface area contributed by atoms with E-state index in [0.717, 1.165) is 9.09 Å². The molecule has 0 amide bonds. The van der Waals surface area contributed by atoms with E-state index in [4.69, 9.17) is 0 Å². The Labute approximate surface area is 209 Å². The molecule has 1 aromatic carbocycles. The summed E-state index contributed by atoms with van der Waals surface area (Å²) in [6.07, 6.45) is -1.08. The van der Waals surface area contributed by atoms with Crippen LogP contribution >= 0.6 is 23.3 Å². The van der Waals surface area contributed by atoms with E-state index in [1.165, 1.54) is 59.8 Å². The molecular formula is C22H19F2N3O4S4. The number of benzene rings is 1. The third kappa shape index (κ3) is 4.75. The highest BCUT2D eigenvalue weighted by atomic mass is 32.2. The lowest BCUT2D eigenvalue weighted by Gasteiger charge is -2.11. The highest BCUT2D eigenvalue weighted by molar-refractivity contribution is 7.99. The number of rotatable bonds is 7. The second-order valence-corrected chi connectivity index (χ2v) is 14.2. The molecule has 0 spiro atoms. The van der Waals surface area contributed by atoms with Gasteiger partial charge in [-0.2, -0.15) is 0 Å². The van der Waals surface area contributed by atoms with Gasteiger partial charge in [0.2, 0.25) is 0 Å². The number of hydrogen-bond acceptors (Lipinski definition) is 8. The van der Waals surface area contributed by atoms with Crippen LogP contribution in [-0.2, 0) is 19.9 Å². The normalized spacial score (nSPS) is 18.0. The molecule has 0 bridgehead atoms. The van der Waals surface area contributed by atoms with Gasteiger partial charge in [0.15, 0.2) is 15.5 Å². The van der Waals surface area contributed by atoms with Gasteiger partial charge < -0.3 is 0 Å². The van der Waals surface area contributed by atoms with Gasteiger partial charge in [0.05, 0.1) is 20.6 Å². The Balaban J connectivity index is 1.52. The molecule has 1 atom stereocenters. The quantitative estimate of drug-likeness (QED) is 0.330. The summed E-state index contributed by atoms with van der Waals surface area (Å²) in [5.41, 5.74) is -0.142. The lowest BCUT2D eigenvalue weighted by Crippen LogP contribution is -2.23. The minimum Gasteiger partial charge on any atom is -0.255 e. The van der Waals surface area contributed by atoms with Crippen LogP contribution in [0.1, 0.15) is 18.5 Å². The fourth-order valence-electron chi connectivity index (χ4n) is 3.96. The molecule has 1 N–H and O–H groups in total. The molecule has 35 heavy (non-hydrogen) atoms. The van der Waals surface area contributed by atoms with Gasteiger partial charge in [-0.3, -0.25) is 4.72 Å². The van der Waals surface area contributed by atoms with Crippen molar-refractivity contribution in [2.75, 3.05) is 11.5 Å². The lowest BCUT2D eigenvalue weighted by molar-refractivity contribution is 0.145. The number of sulfone groups is 1. The molecule has 1 fully saturated rings. The molecule has 184 valence electrons. The largest absolute Gasteiger partial charge is 0.279 e. The second kappa shape index (κ2) is 9.28. The Morgan fingerprint density at radius 1 is 1.14 bits per heavy atom. The van der Waals surface area contributed by atoms with E-state index in [-0.39, 0.29) is 28.1 Å². The van der Waals surface area contributed by atoms with E-state index in [1.54, 1.807) is 12.1 Å². The smallest absolute Gasteiger partial charge is 0.255 e. The van der Waals surface area contributed by atoms with Gasteiger partial charge in [-0.05, 0) is 54.8 Å². The number of hydrogen-bond donors (Lipinski definition) is 1. The van der Waals surface area contributed by atoms with E-state index in [1.807, 2.05) is 12.1 Å². The Morgan fingerprint density at radius 3 is 2.60 bits per heavy atom. The molecule has 7 nitrogen and oxygen atoms in total. The molecule has 0 radical (unpaired) electrons. The fraction of sp³-hybridized carbons (Fsp3) is 0.227. The average molecular weight is 556 g/mol. The standard InChI is InChI=1S/C22H19F2N3O4S4/c23-21(24)18-12-17-16(19-6-7-20(32-19)33-26-14-9-11-34(28,29)13-14)8-10-25-22(17)27(18)35(30,31)15-4-2-1-3-5-15/h1-8,10,12,14,21,26H,9,11,13H2. The van der Waals surface area contributed by atoms with E-state index >= 15 is 0 Å². The maximum Gasteiger partial charge on any atom is 0.279 e. The zero-order chi connectivity index (χ0) is 24.8. The number of fused-ring (bicyclic) bond motifs is 1. The zero-order valence-electron chi connectivity index (χ0n) is 18.0. The Kier molecular flexibility index (Phi) is 6.46. The average Bonchev–Trinajstić information content (AvgIpc) is 3.54. The van der Waals surface area contributed by atoms with Crippen LogP contribution in [0.15, 0.2) is 69.9 Å². The summed E-state index contributed by atoms with van der Waals surface area (Å²) in [6.45, 7) is 0. The molecule has 0 saturated carbocycles. The van der Waals surface area contributed by atoms with Crippen molar-refractivity contribution in [3.8, 4) is 10.4 Å². The number of nitrogens with zero attached hydrogens (tertiary/aromatic N) is 2. The van der Waals surface area contributed by atoms with Crippen LogP contribution in [0.4, 0.5) is 8.78 Å². The first kappa shape index (κ1) is 24.4.